The van der Waals surface area contributed by atoms with Crippen LogP contribution in [-0.4, -0.2) is 38.2 Å². The number of amides is 3. The zero-order chi connectivity index (χ0) is 21.5. The van der Waals surface area contributed by atoms with Crippen molar-refractivity contribution in [3.63, 3.8) is 0 Å². The van der Waals surface area contributed by atoms with E-state index in [2.05, 4.69) is 10.3 Å². The Morgan fingerprint density at radius 2 is 1.77 bits per heavy atom. The number of para-hydroxylation sites is 2. The lowest BCUT2D eigenvalue weighted by Crippen LogP contribution is -2.40. The molecule has 1 fully saturated rings. The molecule has 7 heteroatoms. The minimum atomic E-state index is -0.300. The zero-order valence-corrected chi connectivity index (χ0v) is 17.4. The Hall–Kier alpha value is -3.48. The van der Waals surface area contributed by atoms with E-state index in [1.807, 2.05) is 35.9 Å². The van der Waals surface area contributed by atoms with Gasteiger partial charge in [-0.1, -0.05) is 31.4 Å². The smallest absolute Gasteiger partial charge is 0.261 e. The number of aromatic nitrogens is 2. The Kier molecular flexibility index (Phi) is 4.81. The van der Waals surface area contributed by atoms with E-state index in [1.165, 1.54) is 4.90 Å². The molecular weight excluding hydrogens is 392 g/mol. The molecule has 3 aromatic rings. The van der Waals surface area contributed by atoms with Gasteiger partial charge in [-0.25, -0.2) is 4.98 Å². The molecule has 158 valence electrons. The number of benzene rings is 2. The first-order valence-electron chi connectivity index (χ1n) is 10.7. The molecule has 0 atom stereocenters. The molecule has 1 N–H and O–H groups in total. The van der Waals surface area contributed by atoms with Crippen LogP contribution in [0.3, 0.4) is 0 Å². The molecule has 2 heterocycles. The molecule has 3 amide bonds. The van der Waals surface area contributed by atoms with Gasteiger partial charge in [-0.15, -0.1) is 0 Å². The van der Waals surface area contributed by atoms with Gasteiger partial charge >= 0.3 is 0 Å². The monoisotopic (exact) mass is 416 g/mol. The van der Waals surface area contributed by atoms with E-state index in [4.69, 9.17) is 0 Å². The Morgan fingerprint density at radius 1 is 1.03 bits per heavy atom. The third kappa shape index (κ3) is 3.30. The van der Waals surface area contributed by atoms with E-state index in [1.54, 1.807) is 18.2 Å². The fourth-order valence-electron chi connectivity index (χ4n) is 4.69. The van der Waals surface area contributed by atoms with Crippen LogP contribution in [0, 0.1) is 0 Å². The Bertz CT molecular complexity index is 1210. The van der Waals surface area contributed by atoms with Gasteiger partial charge in [-0.05, 0) is 43.2 Å². The van der Waals surface area contributed by atoms with Gasteiger partial charge in [-0.3, -0.25) is 19.3 Å². The summed E-state index contributed by atoms with van der Waals surface area (Å²) in [4.78, 5) is 44.5. The first-order valence-corrected chi connectivity index (χ1v) is 10.7. The van der Waals surface area contributed by atoms with E-state index in [-0.39, 0.29) is 30.3 Å². The van der Waals surface area contributed by atoms with Gasteiger partial charge in [0.25, 0.3) is 17.7 Å². The summed E-state index contributed by atoms with van der Waals surface area (Å²) >= 11 is 0. The van der Waals surface area contributed by atoms with Crippen LogP contribution in [-0.2, 0) is 13.6 Å². The maximum atomic E-state index is 13.0. The standard InChI is InChI=1S/C24H24N4O3/c1-27-20-10-6-5-9-19(20)26-21(27)14-25-22(29)15-11-12-17-18(13-15)24(31)28(23(17)30)16-7-3-2-4-8-16/h5-6,9-13,16H,2-4,7-8,14H2,1H3,(H,25,29). The predicted octanol–water partition coefficient (Wildman–Crippen LogP) is 3.43. The Balaban J connectivity index is 1.33. The number of rotatable bonds is 4. The highest BCUT2D eigenvalue weighted by atomic mass is 16.2. The maximum absolute atomic E-state index is 13.0. The zero-order valence-electron chi connectivity index (χ0n) is 17.4. The molecule has 7 nitrogen and oxygen atoms in total. The van der Waals surface area contributed by atoms with Crippen molar-refractivity contribution in [3.8, 4) is 0 Å². The first-order chi connectivity index (χ1) is 15.0. The van der Waals surface area contributed by atoms with E-state index >= 15 is 0 Å². The highest BCUT2D eigenvalue weighted by molar-refractivity contribution is 6.22. The third-order valence-corrected chi connectivity index (χ3v) is 6.41. The van der Waals surface area contributed by atoms with Crippen molar-refractivity contribution < 1.29 is 14.4 Å². The van der Waals surface area contributed by atoms with Crippen LogP contribution in [0.5, 0.6) is 0 Å². The van der Waals surface area contributed by atoms with E-state index < -0.39 is 0 Å². The Labute approximate surface area is 180 Å². The summed E-state index contributed by atoms with van der Waals surface area (Å²) in [6.45, 7) is 0.266. The van der Waals surface area contributed by atoms with Crippen LogP contribution in [0.2, 0.25) is 0 Å². The summed E-state index contributed by atoms with van der Waals surface area (Å²) in [5.41, 5.74) is 2.95. The van der Waals surface area contributed by atoms with Crippen molar-refractivity contribution in [1.29, 1.82) is 0 Å². The van der Waals surface area contributed by atoms with Gasteiger partial charge in [0.2, 0.25) is 0 Å². The van der Waals surface area contributed by atoms with Crippen LogP contribution in [0.15, 0.2) is 42.5 Å². The van der Waals surface area contributed by atoms with Crippen molar-refractivity contribution in [2.75, 3.05) is 0 Å². The fraction of sp³-hybridized carbons (Fsp3) is 0.333. The molecule has 0 unspecified atom stereocenters. The lowest BCUT2D eigenvalue weighted by Gasteiger charge is -2.29. The average Bonchev–Trinajstić information content (AvgIpc) is 3.26. The molecule has 31 heavy (non-hydrogen) atoms. The van der Waals surface area contributed by atoms with Crippen LogP contribution < -0.4 is 5.32 Å². The molecule has 0 bridgehead atoms. The van der Waals surface area contributed by atoms with Crippen molar-refractivity contribution in [3.05, 3.63) is 65.0 Å². The fourth-order valence-corrected chi connectivity index (χ4v) is 4.69. The summed E-state index contributed by atoms with van der Waals surface area (Å²) in [5.74, 6) is -0.0767. The summed E-state index contributed by atoms with van der Waals surface area (Å²) in [6.07, 6.45) is 4.94. The molecule has 1 saturated carbocycles. The molecule has 2 aromatic carbocycles. The molecular formula is C24H24N4O3. The normalized spacial score (nSPS) is 16.7. The molecule has 0 saturated heterocycles. The highest BCUT2D eigenvalue weighted by Gasteiger charge is 2.40. The van der Waals surface area contributed by atoms with Crippen molar-refractivity contribution in [1.82, 2.24) is 19.8 Å². The highest BCUT2D eigenvalue weighted by Crippen LogP contribution is 2.31. The van der Waals surface area contributed by atoms with Crippen molar-refractivity contribution >= 4 is 28.8 Å². The predicted molar refractivity (Wildman–Crippen MR) is 116 cm³/mol. The van der Waals surface area contributed by atoms with Gasteiger partial charge in [0.05, 0.1) is 28.7 Å². The van der Waals surface area contributed by atoms with Crippen LogP contribution in [0.4, 0.5) is 0 Å². The Morgan fingerprint density at radius 3 is 2.55 bits per heavy atom. The second kappa shape index (κ2) is 7.65. The molecule has 1 aromatic heterocycles. The van der Waals surface area contributed by atoms with Crippen LogP contribution in [0.25, 0.3) is 11.0 Å². The second-order valence-electron chi connectivity index (χ2n) is 8.29. The molecule has 2 aliphatic rings. The molecule has 0 spiro atoms. The topological polar surface area (TPSA) is 84.3 Å². The quantitative estimate of drug-likeness (QED) is 0.661. The van der Waals surface area contributed by atoms with Crippen molar-refractivity contribution in [2.45, 2.75) is 44.7 Å². The van der Waals surface area contributed by atoms with Gasteiger partial charge in [0.1, 0.15) is 5.82 Å². The van der Waals surface area contributed by atoms with E-state index in [0.717, 1.165) is 49.0 Å². The lowest BCUT2D eigenvalue weighted by atomic mass is 9.94. The summed E-state index contributed by atoms with van der Waals surface area (Å²) in [6, 6.07) is 12.5. The number of imide groups is 1. The SMILES string of the molecule is Cn1c(CNC(=O)c2ccc3c(c2)C(=O)N(C2CCCCC2)C3=O)nc2ccccc21. The molecule has 0 radical (unpaired) electrons. The number of carbonyl (C=O) groups is 3. The molecule has 1 aliphatic heterocycles. The first kappa shape index (κ1) is 19.5. The summed E-state index contributed by atoms with van der Waals surface area (Å²) in [7, 11) is 1.91. The van der Waals surface area contributed by atoms with Crippen molar-refractivity contribution in [2.24, 2.45) is 7.05 Å². The number of aryl methyl sites for hydroxylation is 1. The minimum Gasteiger partial charge on any atom is -0.345 e. The largest absolute Gasteiger partial charge is 0.345 e. The second-order valence-corrected chi connectivity index (χ2v) is 8.29. The van der Waals surface area contributed by atoms with Gasteiger partial charge in [0.15, 0.2) is 0 Å². The number of hydrogen-bond donors (Lipinski definition) is 1. The number of imidazole rings is 1. The molecule has 1 aliphatic carbocycles. The number of fused-ring (bicyclic) bond motifs is 2. The summed E-state index contributed by atoms with van der Waals surface area (Å²) in [5, 5.41) is 2.88. The van der Waals surface area contributed by atoms with E-state index in [0.29, 0.717) is 16.7 Å². The van der Waals surface area contributed by atoms with Crippen LogP contribution in [0.1, 0.15) is 69.0 Å². The third-order valence-electron chi connectivity index (χ3n) is 6.41. The number of nitrogens with one attached hydrogen (secondary N) is 1. The summed E-state index contributed by atoms with van der Waals surface area (Å²) < 4.78 is 1.95. The van der Waals surface area contributed by atoms with Crippen LogP contribution >= 0.6 is 0 Å². The number of hydrogen-bond acceptors (Lipinski definition) is 4. The number of nitrogens with zero attached hydrogens (tertiary/aromatic N) is 3. The lowest BCUT2D eigenvalue weighted by molar-refractivity contribution is 0.0549. The van der Waals surface area contributed by atoms with Gasteiger partial charge in [-0.2, -0.15) is 0 Å². The average molecular weight is 416 g/mol. The van der Waals surface area contributed by atoms with Gasteiger partial charge < -0.3 is 9.88 Å². The van der Waals surface area contributed by atoms with Gasteiger partial charge in [0, 0.05) is 18.7 Å². The number of carbonyl (C=O) groups excluding carboxylic acids is 3. The minimum absolute atomic E-state index is 0.0315. The molecule has 5 rings (SSSR count). The maximum Gasteiger partial charge on any atom is 0.261 e. The van der Waals surface area contributed by atoms with E-state index in [9.17, 15) is 14.4 Å².